The molecule has 0 atom stereocenters. The number of nitrogens with zero attached hydrogens (tertiary/aromatic N) is 1. The zero-order chi connectivity index (χ0) is 16.2. The number of benzene rings is 1. The number of methoxy groups -OCH3 is 1. The quantitative estimate of drug-likeness (QED) is 0.798. The Balaban J connectivity index is 2.29. The van der Waals surface area contributed by atoms with Crippen molar-refractivity contribution in [2.24, 2.45) is 4.99 Å². The Bertz CT molecular complexity index is 588. The van der Waals surface area contributed by atoms with Crippen LogP contribution in [0.15, 0.2) is 23.2 Å². The number of amidine groups is 1. The van der Waals surface area contributed by atoms with Crippen LogP contribution in [-0.4, -0.2) is 38.6 Å². The van der Waals surface area contributed by atoms with E-state index in [1.54, 1.807) is 0 Å². The molecule has 120 valence electrons. The van der Waals surface area contributed by atoms with Gasteiger partial charge in [0, 0.05) is 12.7 Å². The minimum atomic E-state index is -4.57. The minimum Gasteiger partial charge on any atom is -0.491 e. The third-order valence-electron chi connectivity index (χ3n) is 2.80. The molecule has 22 heavy (non-hydrogen) atoms. The third kappa shape index (κ3) is 3.88. The number of carbonyl (C=O) groups is 1. The van der Waals surface area contributed by atoms with Gasteiger partial charge in [0.05, 0.1) is 12.2 Å². The molecule has 0 saturated heterocycles. The van der Waals surface area contributed by atoms with Crippen LogP contribution in [0.3, 0.4) is 0 Å². The van der Waals surface area contributed by atoms with Crippen molar-refractivity contribution in [3.63, 3.8) is 0 Å². The molecule has 9 heteroatoms. The van der Waals surface area contributed by atoms with Crippen molar-refractivity contribution in [2.75, 3.05) is 26.9 Å². The number of halogens is 3. The molecule has 0 saturated carbocycles. The monoisotopic (exact) mass is 317 g/mol. The van der Waals surface area contributed by atoms with Crippen LogP contribution in [0.5, 0.6) is 5.75 Å². The van der Waals surface area contributed by atoms with E-state index in [0.29, 0.717) is 0 Å². The summed E-state index contributed by atoms with van der Waals surface area (Å²) in [6.45, 7) is 0.0449. The average molecular weight is 317 g/mol. The highest BCUT2D eigenvalue weighted by Crippen LogP contribution is 2.36. The molecular formula is C13H14F3N3O3. The number of hydrazine groups is 1. The van der Waals surface area contributed by atoms with E-state index in [1.165, 1.54) is 19.2 Å². The van der Waals surface area contributed by atoms with E-state index in [-0.39, 0.29) is 42.8 Å². The van der Waals surface area contributed by atoms with Crippen molar-refractivity contribution in [1.82, 2.24) is 10.9 Å². The topological polar surface area (TPSA) is 72.0 Å². The van der Waals surface area contributed by atoms with E-state index in [1.807, 2.05) is 0 Å². The third-order valence-corrected chi connectivity index (χ3v) is 2.80. The summed E-state index contributed by atoms with van der Waals surface area (Å²) in [5.74, 6) is -0.485. The van der Waals surface area contributed by atoms with Crippen LogP contribution < -0.4 is 15.6 Å². The fourth-order valence-corrected chi connectivity index (χ4v) is 1.78. The Morgan fingerprint density at radius 3 is 2.64 bits per heavy atom. The lowest BCUT2D eigenvalue weighted by molar-refractivity contribution is -0.139. The first-order valence-electron chi connectivity index (χ1n) is 6.34. The number of rotatable bonds is 5. The molecular weight excluding hydrogens is 303 g/mol. The van der Waals surface area contributed by atoms with Gasteiger partial charge in [-0.3, -0.25) is 20.6 Å². The average Bonchev–Trinajstić information content (AvgIpc) is 2.47. The van der Waals surface area contributed by atoms with E-state index in [4.69, 9.17) is 9.47 Å². The summed E-state index contributed by atoms with van der Waals surface area (Å²) in [5, 5.41) is 0. The van der Waals surface area contributed by atoms with Gasteiger partial charge in [0.1, 0.15) is 24.7 Å². The lowest BCUT2D eigenvalue weighted by atomic mass is 10.1. The number of amides is 1. The maximum atomic E-state index is 13.1. The molecule has 2 rings (SSSR count). The highest BCUT2D eigenvalue weighted by Gasteiger charge is 2.35. The van der Waals surface area contributed by atoms with E-state index >= 15 is 0 Å². The molecule has 6 nitrogen and oxygen atoms in total. The fourth-order valence-electron chi connectivity index (χ4n) is 1.78. The van der Waals surface area contributed by atoms with Gasteiger partial charge in [0.2, 0.25) is 0 Å². The summed E-state index contributed by atoms with van der Waals surface area (Å²) in [6, 6.07) is 3.57. The highest BCUT2D eigenvalue weighted by atomic mass is 19.4. The zero-order valence-corrected chi connectivity index (χ0v) is 11.7. The van der Waals surface area contributed by atoms with Gasteiger partial charge in [0.25, 0.3) is 5.91 Å². The van der Waals surface area contributed by atoms with Crippen LogP contribution in [0.2, 0.25) is 0 Å². The molecule has 0 bridgehead atoms. The van der Waals surface area contributed by atoms with Crippen LogP contribution in [0.4, 0.5) is 13.2 Å². The first kappa shape index (κ1) is 16.1. The van der Waals surface area contributed by atoms with E-state index < -0.39 is 11.7 Å². The van der Waals surface area contributed by atoms with Crippen LogP contribution >= 0.6 is 0 Å². The molecule has 1 aliphatic rings. The number of hydrogen-bond donors (Lipinski definition) is 2. The van der Waals surface area contributed by atoms with Gasteiger partial charge in [0.15, 0.2) is 0 Å². The lowest BCUT2D eigenvalue weighted by Crippen LogP contribution is -2.47. The Morgan fingerprint density at radius 2 is 2.05 bits per heavy atom. The number of ether oxygens (including phenoxy) is 2. The van der Waals surface area contributed by atoms with Crippen molar-refractivity contribution in [3.8, 4) is 5.75 Å². The SMILES string of the molecule is COCCOc1ccc(C2=NCC(=O)NN2)cc1C(F)(F)F. The predicted octanol–water partition coefficient (Wildman–Crippen LogP) is 1.11. The van der Waals surface area contributed by atoms with E-state index in [2.05, 4.69) is 15.8 Å². The second-order valence-corrected chi connectivity index (χ2v) is 4.39. The van der Waals surface area contributed by atoms with Crippen LogP contribution in [0.1, 0.15) is 11.1 Å². The number of alkyl halides is 3. The van der Waals surface area contributed by atoms with E-state index in [0.717, 1.165) is 6.07 Å². The van der Waals surface area contributed by atoms with Gasteiger partial charge in [-0.05, 0) is 18.2 Å². The molecule has 0 radical (unpaired) electrons. The van der Waals surface area contributed by atoms with Crippen molar-refractivity contribution in [1.29, 1.82) is 0 Å². The van der Waals surface area contributed by atoms with E-state index in [9.17, 15) is 18.0 Å². The number of aliphatic imine (C=N–C) groups is 1. The predicted molar refractivity (Wildman–Crippen MR) is 71.5 cm³/mol. The molecule has 1 amide bonds. The number of nitrogens with one attached hydrogen (secondary N) is 2. The Morgan fingerprint density at radius 1 is 1.27 bits per heavy atom. The van der Waals surface area contributed by atoms with Gasteiger partial charge in [-0.25, -0.2) is 0 Å². The van der Waals surface area contributed by atoms with Crippen LogP contribution in [0.25, 0.3) is 0 Å². The van der Waals surface area contributed by atoms with Crippen molar-refractivity contribution in [3.05, 3.63) is 29.3 Å². The van der Waals surface area contributed by atoms with Gasteiger partial charge in [-0.15, -0.1) is 0 Å². The molecule has 0 aromatic heterocycles. The summed E-state index contributed by atoms with van der Waals surface area (Å²) in [4.78, 5) is 14.8. The van der Waals surface area contributed by atoms with Crippen LogP contribution in [0, 0.1) is 0 Å². The summed E-state index contributed by atoms with van der Waals surface area (Å²) in [5.41, 5.74) is 4.04. The largest absolute Gasteiger partial charge is 0.491 e. The first-order chi connectivity index (χ1) is 10.4. The fraction of sp³-hybridized carbons (Fsp3) is 0.385. The van der Waals surface area contributed by atoms with Crippen LogP contribution in [-0.2, 0) is 15.7 Å². The highest BCUT2D eigenvalue weighted by molar-refractivity contribution is 6.02. The molecule has 0 unspecified atom stereocenters. The standard InChI is InChI=1S/C13H14F3N3O3/c1-21-4-5-22-10-3-2-8(6-9(10)13(14,15)16)12-17-7-11(20)18-19-12/h2-3,6H,4-5,7H2,1H3,(H,17,19)(H,18,20). The van der Waals surface area contributed by atoms with Gasteiger partial charge < -0.3 is 9.47 Å². The molecule has 0 aliphatic carbocycles. The number of hydrogen-bond acceptors (Lipinski definition) is 5. The second kappa shape index (κ2) is 6.65. The zero-order valence-electron chi connectivity index (χ0n) is 11.7. The Labute approximate surface area is 124 Å². The van der Waals surface area contributed by atoms with Crippen molar-refractivity contribution >= 4 is 11.7 Å². The molecule has 1 heterocycles. The Kier molecular flexibility index (Phi) is 4.86. The minimum absolute atomic E-state index is 0.00812. The normalized spacial score (nSPS) is 14.9. The van der Waals surface area contributed by atoms with Crippen molar-refractivity contribution in [2.45, 2.75) is 6.18 Å². The lowest BCUT2D eigenvalue weighted by Gasteiger charge is -2.18. The smallest absolute Gasteiger partial charge is 0.419 e. The molecule has 0 spiro atoms. The maximum Gasteiger partial charge on any atom is 0.419 e. The second-order valence-electron chi connectivity index (χ2n) is 4.39. The molecule has 0 fully saturated rings. The molecule has 1 aromatic carbocycles. The molecule has 1 aliphatic heterocycles. The first-order valence-corrected chi connectivity index (χ1v) is 6.34. The summed E-state index contributed by atoms with van der Waals surface area (Å²) in [7, 11) is 1.43. The summed E-state index contributed by atoms with van der Waals surface area (Å²) < 4.78 is 49.2. The summed E-state index contributed by atoms with van der Waals surface area (Å²) >= 11 is 0. The van der Waals surface area contributed by atoms with Gasteiger partial charge in [-0.1, -0.05) is 0 Å². The molecule has 2 N–H and O–H groups in total. The maximum absolute atomic E-state index is 13.1. The number of carbonyl (C=O) groups excluding carboxylic acids is 1. The van der Waals surface area contributed by atoms with Gasteiger partial charge in [-0.2, -0.15) is 13.2 Å². The molecule has 1 aromatic rings. The Hall–Kier alpha value is -2.29. The van der Waals surface area contributed by atoms with Gasteiger partial charge >= 0.3 is 6.18 Å². The van der Waals surface area contributed by atoms with Crippen molar-refractivity contribution < 1.29 is 27.4 Å². The summed E-state index contributed by atoms with van der Waals surface area (Å²) in [6.07, 6.45) is -4.57.